The number of nitrogen functional groups attached to an aromatic ring is 1. The second kappa shape index (κ2) is 5.87. The van der Waals surface area contributed by atoms with E-state index in [0.717, 1.165) is 5.75 Å². The molecule has 0 spiro atoms. The third-order valence-electron chi connectivity index (χ3n) is 3.42. The molecule has 0 saturated heterocycles. The molecule has 3 nitrogen and oxygen atoms in total. The number of rotatable bonds is 4. The second-order valence-corrected chi connectivity index (χ2v) is 5.07. The maximum Gasteiger partial charge on any atom is 0.142 e. The van der Waals surface area contributed by atoms with E-state index in [1.807, 2.05) is 12.1 Å². The Bertz CT molecular complexity index is 597. The lowest BCUT2D eigenvalue weighted by Gasteiger charge is -2.13. The molecule has 0 aliphatic carbocycles. The van der Waals surface area contributed by atoms with Gasteiger partial charge in [0.15, 0.2) is 0 Å². The summed E-state index contributed by atoms with van der Waals surface area (Å²) in [6, 6.07) is 9.83. The van der Waals surface area contributed by atoms with Gasteiger partial charge in [-0.05, 0) is 49.6 Å². The normalized spacial score (nSPS) is 10.4. The summed E-state index contributed by atoms with van der Waals surface area (Å²) in [5.41, 5.74) is 11.5. The molecule has 0 aliphatic rings. The van der Waals surface area contributed by atoms with Crippen LogP contribution in [-0.4, -0.2) is 7.11 Å². The van der Waals surface area contributed by atoms with Crippen molar-refractivity contribution in [2.45, 2.75) is 27.4 Å². The third-order valence-corrected chi connectivity index (χ3v) is 3.42. The lowest BCUT2D eigenvalue weighted by atomic mass is 10.0. The maximum atomic E-state index is 5.88. The maximum absolute atomic E-state index is 5.88. The Morgan fingerprint density at radius 1 is 1.00 bits per heavy atom. The fraction of sp³-hybridized carbons (Fsp3) is 0.294. The minimum Gasteiger partial charge on any atom is -0.495 e. The molecule has 2 rings (SSSR count). The molecule has 0 amide bonds. The van der Waals surface area contributed by atoms with Crippen LogP contribution in [0.4, 0.5) is 5.69 Å². The van der Waals surface area contributed by atoms with E-state index in [1.165, 1.54) is 22.3 Å². The molecule has 2 aromatic carbocycles. The summed E-state index contributed by atoms with van der Waals surface area (Å²) in [6.45, 7) is 6.88. The Morgan fingerprint density at radius 2 is 1.65 bits per heavy atom. The van der Waals surface area contributed by atoms with Gasteiger partial charge in [0, 0.05) is 6.07 Å². The highest BCUT2D eigenvalue weighted by molar-refractivity contribution is 5.56. The van der Waals surface area contributed by atoms with Gasteiger partial charge < -0.3 is 15.2 Å². The lowest BCUT2D eigenvalue weighted by Crippen LogP contribution is -2.02. The monoisotopic (exact) mass is 271 g/mol. The third kappa shape index (κ3) is 3.05. The Morgan fingerprint density at radius 3 is 2.20 bits per heavy atom. The predicted molar refractivity (Wildman–Crippen MR) is 82.4 cm³/mol. The van der Waals surface area contributed by atoms with Gasteiger partial charge in [-0.15, -0.1) is 0 Å². The van der Waals surface area contributed by atoms with Crippen molar-refractivity contribution in [3.63, 3.8) is 0 Å². The number of anilines is 1. The Hall–Kier alpha value is -2.16. The van der Waals surface area contributed by atoms with Gasteiger partial charge in [-0.1, -0.05) is 17.7 Å². The minimum absolute atomic E-state index is 0.545. The van der Waals surface area contributed by atoms with Crippen molar-refractivity contribution < 1.29 is 9.47 Å². The first kappa shape index (κ1) is 14.3. The molecule has 0 unspecified atom stereocenters. The zero-order valence-corrected chi connectivity index (χ0v) is 12.5. The van der Waals surface area contributed by atoms with Gasteiger partial charge in [0.2, 0.25) is 0 Å². The van der Waals surface area contributed by atoms with Crippen molar-refractivity contribution in [1.82, 2.24) is 0 Å². The number of hydrogen-bond acceptors (Lipinski definition) is 3. The van der Waals surface area contributed by atoms with Crippen molar-refractivity contribution >= 4 is 5.69 Å². The summed E-state index contributed by atoms with van der Waals surface area (Å²) in [5.74, 6) is 1.42. The first-order valence-electron chi connectivity index (χ1n) is 6.64. The van der Waals surface area contributed by atoms with Crippen LogP contribution in [0.15, 0.2) is 30.3 Å². The summed E-state index contributed by atoms with van der Waals surface area (Å²) in [6.07, 6.45) is 0. The Balaban J connectivity index is 2.15. The molecule has 0 aliphatic heterocycles. The second-order valence-electron chi connectivity index (χ2n) is 5.07. The zero-order chi connectivity index (χ0) is 14.7. The number of aryl methyl sites for hydroxylation is 3. The summed E-state index contributed by atoms with van der Waals surface area (Å²) in [5, 5.41) is 0. The van der Waals surface area contributed by atoms with Crippen molar-refractivity contribution in [2.24, 2.45) is 0 Å². The van der Waals surface area contributed by atoms with E-state index in [2.05, 4.69) is 32.9 Å². The first-order valence-corrected chi connectivity index (χ1v) is 6.64. The fourth-order valence-corrected chi connectivity index (χ4v) is 2.40. The Labute approximate surface area is 120 Å². The van der Waals surface area contributed by atoms with Gasteiger partial charge in [-0.25, -0.2) is 0 Å². The average molecular weight is 271 g/mol. The van der Waals surface area contributed by atoms with Gasteiger partial charge in [0.25, 0.3) is 0 Å². The highest BCUT2D eigenvalue weighted by Gasteiger charge is 2.06. The van der Waals surface area contributed by atoms with Gasteiger partial charge in [0.05, 0.1) is 12.8 Å². The van der Waals surface area contributed by atoms with Gasteiger partial charge >= 0.3 is 0 Å². The molecule has 3 heteroatoms. The molecular formula is C17H21NO2. The van der Waals surface area contributed by atoms with Gasteiger partial charge in [0.1, 0.15) is 18.1 Å². The summed E-state index contributed by atoms with van der Waals surface area (Å²) in [7, 11) is 1.60. The van der Waals surface area contributed by atoms with Gasteiger partial charge in [-0.2, -0.15) is 0 Å². The molecule has 0 bridgehead atoms. The van der Waals surface area contributed by atoms with Crippen molar-refractivity contribution in [2.75, 3.05) is 12.8 Å². The van der Waals surface area contributed by atoms with E-state index >= 15 is 0 Å². The quantitative estimate of drug-likeness (QED) is 0.861. The molecule has 2 N–H and O–H groups in total. The van der Waals surface area contributed by atoms with E-state index in [0.29, 0.717) is 18.0 Å². The van der Waals surface area contributed by atoms with Gasteiger partial charge in [-0.3, -0.25) is 0 Å². The van der Waals surface area contributed by atoms with E-state index in [9.17, 15) is 0 Å². The zero-order valence-electron chi connectivity index (χ0n) is 12.5. The largest absolute Gasteiger partial charge is 0.495 e. The van der Waals surface area contributed by atoms with Crippen molar-refractivity contribution in [1.29, 1.82) is 0 Å². The topological polar surface area (TPSA) is 44.5 Å². The molecule has 0 aromatic heterocycles. The lowest BCUT2D eigenvalue weighted by molar-refractivity contribution is 0.304. The number of benzene rings is 2. The molecular weight excluding hydrogens is 250 g/mol. The molecule has 0 atom stereocenters. The summed E-state index contributed by atoms with van der Waals surface area (Å²) < 4.78 is 11.0. The van der Waals surface area contributed by atoms with Crippen LogP contribution < -0.4 is 15.2 Å². The van der Waals surface area contributed by atoms with Crippen LogP contribution in [0.3, 0.4) is 0 Å². The highest BCUT2D eigenvalue weighted by Crippen LogP contribution is 2.27. The average Bonchev–Trinajstić information content (AvgIpc) is 2.37. The molecule has 0 radical (unpaired) electrons. The van der Waals surface area contributed by atoms with Crippen molar-refractivity contribution in [3.8, 4) is 11.5 Å². The smallest absolute Gasteiger partial charge is 0.142 e. The number of ether oxygens (including phenoxy) is 2. The number of methoxy groups -OCH3 is 1. The van der Waals surface area contributed by atoms with E-state index in [4.69, 9.17) is 15.2 Å². The van der Waals surface area contributed by atoms with Crippen LogP contribution in [-0.2, 0) is 6.61 Å². The van der Waals surface area contributed by atoms with E-state index < -0.39 is 0 Å². The van der Waals surface area contributed by atoms with E-state index in [1.54, 1.807) is 13.2 Å². The fourth-order valence-electron chi connectivity index (χ4n) is 2.40. The SMILES string of the molecule is COc1ccc(OCc2c(C)cc(C)cc2C)cc1N. The van der Waals surface area contributed by atoms with Crippen LogP contribution in [0.1, 0.15) is 22.3 Å². The molecule has 0 heterocycles. The van der Waals surface area contributed by atoms with Crippen LogP contribution in [0.25, 0.3) is 0 Å². The van der Waals surface area contributed by atoms with Crippen LogP contribution in [0.5, 0.6) is 11.5 Å². The molecule has 20 heavy (non-hydrogen) atoms. The molecule has 2 aromatic rings. The van der Waals surface area contributed by atoms with Crippen LogP contribution in [0.2, 0.25) is 0 Å². The number of nitrogens with two attached hydrogens (primary N) is 1. The number of hydrogen-bond donors (Lipinski definition) is 1. The highest BCUT2D eigenvalue weighted by atomic mass is 16.5. The predicted octanol–water partition coefficient (Wildman–Crippen LogP) is 3.78. The van der Waals surface area contributed by atoms with E-state index in [-0.39, 0.29) is 0 Å². The standard InChI is InChI=1S/C17H21NO2/c1-11-7-12(2)15(13(3)8-11)10-20-14-5-6-17(19-4)16(18)9-14/h5-9H,10,18H2,1-4H3. The Kier molecular flexibility index (Phi) is 4.18. The van der Waals surface area contributed by atoms with Crippen molar-refractivity contribution in [3.05, 3.63) is 52.6 Å². The van der Waals surface area contributed by atoms with Crippen LogP contribution >= 0.6 is 0 Å². The van der Waals surface area contributed by atoms with Crippen LogP contribution in [0, 0.1) is 20.8 Å². The first-order chi connectivity index (χ1) is 9.51. The molecule has 106 valence electrons. The summed E-state index contributed by atoms with van der Waals surface area (Å²) >= 11 is 0. The molecule has 0 fully saturated rings. The molecule has 0 saturated carbocycles. The summed E-state index contributed by atoms with van der Waals surface area (Å²) in [4.78, 5) is 0. The minimum atomic E-state index is 0.545.